The molecule has 12 heavy (non-hydrogen) atoms. The molecule has 0 atom stereocenters. The van der Waals surface area contributed by atoms with Crippen molar-refractivity contribution in [3.8, 4) is 0 Å². The number of carbonyl (C=O) groups excluding carboxylic acids is 1. The number of aryl methyl sites for hydroxylation is 1. The summed E-state index contributed by atoms with van der Waals surface area (Å²) in [4.78, 5) is 19.6. The smallest absolute Gasteiger partial charge is 0.219 e. The van der Waals surface area contributed by atoms with Crippen molar-refractivity contribution in [1.82, 2.24) is 14.9 Å². The van der Waals surface area contributed by atoms with Crippen LogP contribution in [0.2, 0.25) is 0 Å². The molecule has 0 aliphatic rings. The Morgan fingerprint density at radius 1 is 1.75 bits per heavy atom. The van der Waals surface area contributed by atoms with Crippen molar-refractivity contribution in [2.24, 2.45) is 0 Å². The highest BCUT2D eigenvalue weighted by Crippen LogP contribution is 1.98. The zero-order valence-electron chi connectivity index (χ0n) is 7.59. The quantitative estimate of drug-likeness (QED) is 0.704. The van der Waals surface area contributed by atoms with Gasteiger partial charge in [-0.15, -0.1) is 0 Å². The van der Waals surface area contributed by atoms with E-state index < -0.39 is 0 Å². The molecule has 0 fully saturated rings. The SMILES string of the molecule is CC(=O)N(C)Cc1ncc(C)[nH]1. The van der Waals surface area contributed by atoms with E-state index in [1.54, 1.807) is 18.1 Å². The van der Waals surface area contributed by atoms with Crippen molar-refractivity contribution >= 4 is 5.91 Å². The van der Waals surface area contributed by atoms with Crippen LogP contribution in [0.4, 0.5) is 0 Å². The highest BCUT2D eigenvalue weighted by Gasteiger charge is 2.04. The third kappa shape index (κ3) is 2.08. The molecule has 0 saturated heterocycles. The second-order valence-corrected chi connectivity index (χ2v) is 2.89. The largest absolute Gasteiger partial charge is 0.345 e. The van der Waals surface area contributed by atoms with E-state index in [0.29, 0.717) is 6.54 Å². The average Bonchev–Trinajstić information content (AvgIpc) is 2.35. The molecule has 1 rings (SSSR count). The van der Waals surface area contributed by atoms with Gasteiger partial charge in [-0.25, -0.2) is 4.98 Å². The van der Waals surface area contributed by atoms with E-state index in [1.807, 2.05) is 6.92 Å². The number of aromatic amines is 1. The minimum Gasteiger partial charge on any atom is -0.345 e. The van der Waals surface area contributed by atoms with E-state index in [4.69, 9.17) is 0 Å². The summed E-state index contributed by atoms with van der Waals surface area (Å²) in [6, 6.07) is 0. The molecule has 0 unspecified atom stereocenters. The summed E-state index contributed by atoms with van der Waals surface area (Å²) in [7, 11) is 1.75. The number of carbonyl (C=O) groups is 1. The number of amides is 1. The Morgan fingerprint density at radius 2 is 2.42 bits per heavy atom. The molecule has 0 aliphatic carbocycles. The predicted molar refractivity (Wildman–Crippen MR) is 45.5 cm³/mol. The molecule has 0 bridgehead atoms. The maximum atomic E-state index is 10.8. The third-order valence-corrected chi connectivity index (χ3v) is 1.68. The van der Waals surface area contributed by atoms with Gasteiger partial charge >= 0.3 is 0 Å². The topological polar surface area (TPSA) is 49.0 Å². The van der Waals surface area contributed by atoms with Crippen molar-refractivity contribution in [2.45, 2.75) is 20.4 Å². The zero-order valence-corrected chi connectivity index (χ0v) is 7.59. The van der Waals surface area contributed by atoms with Crippen molar-refractivity contribution in [1.29, 1.82) is 0 Å². The molecular formula is C8H13N3O. The van der Waals surface area contributed by atoms with Gasteiger partial charge in [-0.1, -0.05) is 0 Å². The number of imidazole rings is 1. The lowest BCUT2D eigenvalue weighted by atomic mass is 10.5. The van der Waals surface area contributed by atoms with Crippen LogP contribution in [-0.2, 0) is 11.3 Å². The Hall–Kier alpha value is -1.32. The lowest BCUT2D eigenvalue weighted by Gasteiger charge is -2.11. The predicted octanol–water partition coefficient (Wildman–Crippen LogP) is 0.696. The van der Waals surface area contributed by atoms with Crippen LogP contribution in [0.5, 0.6) is 0 Å². The van der Waals surface area contributed by atoms with Crippen LogP contribution in [0.15, 0.2) is 6.20 Å². The Labute approximate surface area is 71.6 Å². The van der Waals surface area contributed by atoms with Crippen LogP contribution in [-0.4, -0.2) is 27.8 Å². The first-order chi connectivity index (χ1) is 5.59. The number of aromatic nitrogens is 2. The second kappa shape index (κ2) is 3.38. The van der Waals surface area contributed by atoms with Gasteiger partial charge in [-0.3, -0.25) is 4.79 Å². The molecule has 0 aromatic carbocycles. The van der Waals surface area contributed by atoms with Gasteiger partial charge in [0.05, 0.1) is 6.54 Å². The fraction of sp³-hybridized carbons (Fsp3) is 0.500. The summed E-state index contributed by atoms with van der Waals surface area (Å²) in [5, 5.41) is 0. The molecule has 0 saturated carbocycles. The molecule has 1 N–H and O–H groups in total. The van der Waals surface area contributed by atoms with Gasteiger partial charge in [0, 0.05) is 25.9 Å². The Kier molecular flexibility index (Phi) is 2.47. The molecule has 4 nitrogen and oxygen atoms in total. The number of rotatable bonds is 2. The lowest BCUT2D eigenvalue weighted by molar-refractivity contribution is -0.128. The van der Waals surface area contributed by atoms with Crippen LogP contribution in [0.25, 0.3) is 0 Å². The van der Waals surface area contributed by atoms with E-state index in [2.05, 4.69) is 9.97 Å². The molecule has 0 spiro atoms. The van der Waals surface area contributed by atoms with Gasteiger partial charge in [0.1, 0.15) is 5.82 Å². The molecule has 1 aromatic rings. The second-order valence-electron chi connectivity index (χ2n) is 2.89. The van der Waals surface area contributed by atoms with Gasteiger partial charge in [-0.2, -0.15) is 0 Å². The summed E-state index contributed by atoms with van der Waals surface area (Å²) >= 11 is 0. The average molecular weight is 167 g/mol. The van der Waals surface area contributed by atoms with Crippen molar-refractivity contribution in [2.75, 3.05) is 7.05 Å². The van der Waals surface area contributed by atoms with Crippen LogP contribution in [0, 0.1) is 6.92 Å². The Morgan fingerprint density at radius 3 is 2.83 bits per heavy atom. The van der Waals surface area contributed by atoms with Crippen molar-refractivity contribution in [3.63, 3.8) is 0 Å². The highest BCUT2D eigenvalue weighted by atomic mass is 16.2. The minimum absolute atomic E-state index is 0.0454. The van der Waals surface area contributed by atoms with Crippen LogP contribution in [0.3, 0.4) is 0 Å². The van der Waals surface area contributed by atoms with Gasteiger partial charge in [0.2, 0.25) is 5.91 Å². The molecule has 0 aliphatic heterocycles. The van der Waals surface area contributed by atoms with Gasteiger partial charge in [0.15, 0.2) is 0 Å². The Balaban J connectivity index is 2.58. The van der Waals surface area contributed by atoms with Crippen molar-refractivity contribution in [3.05, 3.63) is 17.7 Å². The molecule has 1 amide bonds. The Bertz CT molecular complexity index is 280. The lowest BCUT2D eigenvalue weighted by Crippen LogP contribution is -2.23. The van der Waals surface area contributed by atoms with E-state index in [9.17, 15) is 4.79 Å². The van der Waals surface area contributed by atoms with E-state index in [0.717, 1.165) is 11.5 Å². The van der Waals surface area contributed by atoms with E-state index >= 15 is 0 Å². The van der Waals surface area contributed by atoms with Gasteiger partial charge in [-0.05, 0) is 6.92 Å². The first kappa shape index (κ1) is 8.77. The molecule has 1 aromatic heterocycles. The fourth-order valence-corrected chi connectivity index (χ4v) is 0.883. The summed E-state index contributed by atoms with van der Waals surface area (Å²) in [6.45, 7) is 4.02. The first-order valence-electron chi connectivity index (χ1n) is 3.82. The molecule has 66 valence electrons. The summed E-state index contributed by atoms with van der Waals surface area (Å²) < 4.78 is 0. The summed E-state index contributed by atoms with van der Waals surface area (Å²) in [5.74, 6) is 0.870. The molecule has 0 radical (unpaired) electrons. The van der Waals surface area contributed by atoms with Gasteiger partial charge < -0.3 is 9.88 Å². The number of H-pyrrole nitrogens is 1. The van der Waals surface area contributed by atoms with E-state index in [1.165, 1.54) is 6.92 Å². The van der Waals surface area contributed by atoms with Crippen LogP contribution < -0.4 is 0 Å². The van der Waals surface area contributed by atoms with Crippen LogP contribution >= 0.6 is 0 Å². The first-order valence-corrected chi connectivity index (χ1v) is 3.82. The van der Waals surface area contributed by atoms with Gasteiger partial charge in [0.25, 0.3) is 0 Å². The van der Waals surface area contributed by atoms with E-state index in [-0.39, 0.29) is 5.91 Å². The zero-order chi connectivity index (χ0) is 9.14. The fourth-order valence-electron chi connectivity index (χ4n) is 0.883. The summed E-state index contributed by atoms with van der Waals surface area (Å²) in [6.07, 6.45) is 1.75. The van der Waals surface area contributed by atoms with Crippen molar-refractivity contribution < 1.29 is 4.79 Å². The molecular weight excluding hydrogens is 154 g/mol. The van der Waals surface area contributed by atoms with Crippen LogP contribution in [0.1, 0.15) is 18.4 Å². The maximum Gasteiger partial charge on any atom is 0.219 e. The standard InChI is InChI=1S/C8H13N3O/c1-6-4-9-8(10-6)5-11(3)7(2)12/h4H,5H2,1-3H3,(H,9,10). The number of hydrogen-bond acceptors (Lipinski definition) is 2. The maximum absolute atomic E-state index is 10.8. The summed E-state index contributed by atoms with van der Waals surface area (Å²) in [5.41, 5.74) is 1.02. The molecule has 1 heterocycles. The normalized spacial score (nSPS) is 9.92. The third-order valence-electron chi connectivity index (χ3n) is 1.68. The highest BCUT2D eigenvalue weighted by molar-refractivity contribution is 5.72. The number of hydrogen-bond donors (Lipinski definition) is 1. The number of nitrogens with zero attached hydrogens (tertiary/aromatic N) is 2. The minimum atomic E-state index is 0.0454. The monoisotopic (exact) mass is 167 g/mol. The molecule has 4 heteroatoms. The number of nitrogens with one attached hydrogen (secondary N) is 1.